The summed E-state index contributed by atoms with van der Waals surface area (Å²) in [4.78, 5) is 9.74. The van der Waals surface area contributed by atoms with Gasteiger partial charge in [-0.05, 0) is 24.5 Å². The zero-order valence-electron chi connectivity index (χ0n) is 10.8. The Morgan fingerprint density at radius 2 is 2.05 bits per heavy atom. The predicted octanol–water partition coefficient (Wildman–Crippen LogP) is 1.74. The molecular weight excluding hydrogens is 292 g/mol. The van der Waals surface area contributed by atoms with E-state index >= 15 is 0 Å². The zero-order valence-corrected chi connectivity index (χ0v) is 11.6. The first-order valence-corrected chi connectivity index (χ1v) is 7.37. The molecule has 0 fully saturated rings. The fourth-order valence-electron chi connectivity index (χ4n) is 1.49. The number of rotatable bonds is 7. The first-order chi connectivity index (χ1) is 9.22. The summed E-state index contributed by atoms with van der Waals surface area (Å²) in [5.74, 6) is -3.22. The summed E-state index contributed by atoms with van der Waals surface area (Å²) in [5.41, 5.74) is 0. The standard InChI is InChI=1S/C12H15F2NO4S/c1-8(2-5-12(16)17)7-15-20(18,19)11-4-3-9(13)6-10(11)14/h3-4,6,8,15H,2,5,7H2,1H3,(H,16,17). The van der Waals surface area contributed by atoms with E-state index in [-0.39, 0.29) is 18.9 Å². The van der Waals surface area contributed by atoms with Gasteiger partial charge in [-0.15, -0.1) is 0 Å². The van der Waals surface area contributed by atoms with Gasteiger partial charge < -0.3 is 5.11 Å². The van der Waals surface area contributed by atoms with Crippen LogP contribution in [0.1, 0.15) is 19.8 Å². The van der Waals surface area contributed by atoms with Crippen LogP contribution < -0.4 is 4.72 Å². The van der Waals surface area contributed by atoms with E-state index in [0.29, 0.717) is 12.5 Å². The van der Waals surface area contributed by atoms with Crippen molar-refractivity contribution < 1.29 is 27.1 Å². The molecule has 0 aliphatic heterocycles. The highest BCUT2D eigenvalue weighted by atomic mass is 32.2. The molecule has 1 atom stereocenters. The van der Waals surface area contributed by atoms with E-state index in [0.717, 1.165) is 12.1 Å². The summed E-state index contributed by atoms with van der Waals surface area (Å²) in [6, 6.07) is 2.18. The van der Waals surface area contributed by atoms with E-state index in [1.807, 2.05) is 0 Å². The van der Waals surface area contributed by atoms with Crippen molar-refractivity contribution in [3.8, 4) is 0 Å². The second kappa shape index (κ2) is 6.76. The average Bonchev–Trinajstić information content (AvgIpc) is 2.33. The van der Waals surface area contributed by atoms with Crippen molar-refractivity contribution in [2.24, 2.45) is 5.92 Å². The average molecular weight is 307 g/mol. The van der Waals surface area contributed by atoms with Crippen molar-refractivity contribution in [1.29, 1.82) is 0 Å². The topological polar surface area (TPSA) is 83.5 Å². The smallest absolute Gasteiger partial charge is 0.303 e. The van der Waals surface area contributed by atoms with Crippen LogP contribution in [0.5, 0.6) is 0 Å². The van der Waals surface area contributed by atoms with Crippen LogP contribution in [0.25, 0.3) is 0 Å². The molecule has 0 bridgehead atoms. The molecule has 1 unspecified atom stereocenters. The molecule has 0 saturated carbocycles. The van der Waals surface area contributed by atoms with Gasteiger partial charge >= 0.3 is 5.97 Å². The van der Waals surface area contributed by atoms with E-state index in [1.54, 1.807) is 6.92 Å². The number of carboxylic acids is 1. The molecule has 8 heteroatoms. The van der Waals surface area contributed by atoms with Crippen molar-refractivity contribution in [1.82, 2.24) is 4.72 Å². The van der Waals surface area contributed by atoms with E-state index < -0.39 is 32.5 Å². The van der Waals surface area contributed by atoms with Crippen molar-refractivity contribution in [2.45, 2.75) is 24.7 Å². The maximum Gasteiger partial charge on any atom is 0.303 e. The molecule has 0 aliphatic rings. The van der Waals surface area contributed by atoms with E-state index in [1.165, 1.54) is 0 Å². The van der Waals surface area contributed by atoms with Crippen LogP contribution in [0.4, 0.5) is 8.78 Å². The maximum atomic E-state index is 13.4. The minimum atomic E-state index is -4.08. The Morgan fingerprint density at radius 3 is 2.60 bits per heavy atom. The van der Waals surface area contributed by atoms with Crippen molar-refractivity contribution in [2.75, 3.05) is 6.54 Å². The summed E-state index contributed by atoms with van der Waals surface area (Å²) in [7, 11) is -4.08. The van der Waals surface area contributed by atoms with Crippen molar-refractivity contribution >= 4 is 16.0 Å². The van der Waals surface area contributed by atoms with Gasteiger partial charge in [-0.1, -0.05) is 6.92 Å². The highest BCUT2D eigenvalue weighted by Gasteiger charge is 2.20. The van der Waals surface area contributed by atoms with Gasteiger partial charge in [0.15, 0.2) is 0 Å². The molecule has 1 rings (SSSR count). The van der Waals surface area contributed by atoms with Crippen LogP contribution in [-0.4, -0.2) is 26.0 Å². The highest BCUT2D eigenvalue weighted by Crippen LogP contribution is 2.15. The van der Waals surface area contributed by atoms with Crippen LogP contribution in [0.3, 0.4) is 0 Å². The Bertz CT molecular complexity index is 589. The van der Waals surface area contributed by atoms with Crippen LogP contribution >= 0.6 is 0 Å². The Hall–Kier alpha value is -1.54. The maximum absolute atomic E-state index is 13.4. The lowest BCUT2D eigenvalue weighted by atomic mass is 10.1. The number of nitrogens with one attached hydrogen (secondary N) is 1. The largest absolute Gasteiger partial charge is 0.481 e. The lowest BCUT2D eigenvalue weighted by Crippen LogP contribution is -2.29. The fraction of sp³-hybridized carbons (Fsp3) is 0.417. The molecule has 2 N–H and O–H groups in total. The number of hydrogen-bond donors (Lipinski definition) is 2. The molecule has 20 heavy (non-hydrogen) atoms. The number of benzene rings is 1. The van der Waals surface area contributed by atoms with Crippen LogP contribution in [0.2, 0.25) is 0 Å². The molecule has 1 aromatic rings. The van der Waals surface area contributed by atoms with E-state index in [2.05, 4.69) is 4.72 Å². The minimum Gasteiger partial charge on any atom is -0.481 e. The van der Waals surface area contributed by atoms with E-state index in [4.69, 9.17) is 5.11 Å². The van der Waals surface area contributed by atoms with Crippen molar-refractivity contribution in [3.05, 3.63) is 29.8 Å². The Balaban J connectivity index is 2.68. The van der Waals surface area contributed by atoms with Gasteiger partial charge in [0.2, 0.25) is 10.0 Å². The molecule has 5 nitrogen and oxygen atoms in total. The highest BCUT2D eigenvalue weighted by molar-refractivity contribution is 7.89. The summed E-state index contributed by atoms with van der Waals surface area (Å²) in [6.07, 6.45) is 0.220. The minimum absolute atomic E-state index is 0.0214. The summed E-state index contributed by atoms with van der Waals surface area (Å²) >= 11 is 0. The van der Waals surface area contributed by atoms with Gasteiger partial charge in [-0.3, -0.25) is 4.79 Å². The molecular formula is C12H15F2NO4S. The summed E-state index contributed by atoms with van der Waals surface area (Å²) in [6.45, 7) is 1.65. The Morgan fingerprint density at radius 1 is 1.40 bits per heavy atom. The number of carbonyl (C=O) groups is 1. The molecule has 112 valence electrons. The molecule has 0 radical (unpaired) electrons. The van der Waals surface area contributed by atoms with Gasteiger partial charge in [-0.2, -0.15) is 0 Å². The first-order valence-electron chi connectivity index (χ1n) is 5.89. The Kier molecular flexibility index (Phi) is 5.58. The van der Waals surface area contributed by atoms with E-state index in [9.17, 15) is 22.0 Å². The molecule has 0 heterocycles. The second-order valence-corrected chi connectivity index (χ2v) is 6.20. The van der Waals surface area contributed by atoms with Crippen LogP contribution in [-0.2, 0) is 14.8 Å². The molecule has 0 amide bonds. The van der Waals surface area contributed by atoms with Crippen LogP contribution in [0.15, 0.2) is 23.1 Å². The van der Waals surface area contributed by atoms with Gasteiger partial charge in [0, 0.05) is 19.0 Å². The van der Waals surface area contributed by atoms with Gasteiger partial charge in [0.25, 0.3) is 0 Å². The summed E-state index contributed by atoms with van der Waals surface area (Å²) in [5, 5.41) is 8.51. The number of hydrogen-bond acceptors (Lipinski definition) is 3. The zero-order chi connectivity index (χ0) is 15.3. The number of halogens is 2. The van der Waals surface area contributed by atoms with Crippen LogP contribution in [0, 0.1) is 17.6 Å². The normalized spacial score (nSPS) is 13.2. The fourth-order valence-corrected chi connectivity index (χ4v) is 2.72. The van der Waals surface area contributed by atoms with Gasteiger partial charge in [-0.25, -0.2) is 21.9 Å². The number of aliphatic carboxylic acids is 1. The monoisotopic (exact) mass is 307 g/mol. The number of carboxylic acid groups (broad SMARTS) is 1. The molecule has 0 aromatic heterocycles. The van der Waals surface area contributed by atoms with Gasteiger partial charge in [0.1, 0.15) is 16.5 Å². The molecule has 0 saturated heterocycles. The first kappa shape index (κ1) is 16.5. The number of sulfonamides is 1. The third-order valence-electron chi connectivity index (χ3n) is 2.66. The second-order valence-electron chi connectivity index (χ2n) is 4.46. The summed E-state index contributed by atoms with van der Waals surface area (Å²) < 4.78 is 51.9. The quantitative estimate of drug-likeness (QED) is 0.804. The predicted molar refractivity (Wildman–Crippen MR) is 67.6 cm³/mol. The third kappa shape index (κ3) is 4.86. The lowest BCUT2D eigenvalue weighted by Gasteiger charge is -2.12. The van der Waals surface area contributed by atoms with Gasteiger partial charge in [0.05, 0.1) is 0 Å². The van der Waals surface area contributed by atoms with Crippen molar-refractivity contribution in [3.63, 3.8) is 0 Å². The molecule has 0 aliphatic carbocycles. The lowest BCUT2D eigenvalue weighted by molar-refractivity contribution is -0.137. The molecule has 1 aromatic carbocycles. The molecule has 0 spiro atoms. The SMILES string of the molecule is CC(CCC(=O)O)CNS(=O)(=O)c1ccc(F)cc1F. The Labute approximate surface area is 115 Å². The third-order valence-corrected chi connectivity index (χ3v) is 4.11.